The van der Waals surface area contributed by atoms with Gasteiger partial charge in [-0.3, -0.25) is 14.4 Å². The van der Waals surface area contributed by atoms with Crippen molar-refractivity contribution in [2.24, 2.45) is 17.3 Å². The smallest absolute Gasteiger partial charge is 0.260 e. The highest BCUT2D eigenvalue weighted by Gasteiger charge is 2.28. The lowest BCUT2D eigenvalue weighted by Gasteiger charge is -2.38. The molecule has 0 aliphatic carbocycles. The molecule has 0 radical (unpaired) electrons. The van der Waals surface area contributed by atoms with Crippen molar-refractivity contribution in [3.05, 3.63) is 24.3 Å². The molecule has 38 heavy (non-hydrogen) atoms. The number of amides is 2. The van der Waals surface area contributed by atoms with Crippen LogP contribution in [0, 0.1) is 17.3 Å². The molecule has 7 heteroatoms. The van der Waals surface area contributed by atoms with Crippen molar-refractivity contribution in [2.75, 3.05) is 50.8 Å². The standard InChI is InChI=1S/C29H43N3O4.C2H6/c1-29(2,3)21-30-13-8-22(9-14-30)18-23-10-15-31(16-11-23)28(35)20-36-26-6-4-24(5-7-26)32-17-12-25(33)19-27(32)34;1-2/h4-7,22-23H,8-21H2,1-3H3;1-2H3. The van der Waals surface area contributed by atoms with Gasteiger partial charge >= 0.3 is 0 Å². The molecule has 0 atom stereocenters. The second-order valence-electron chi connectivity index (χ2n) is 12.1. The molecule has 1 aromatic carbocycles. The van der Waals surface area contributed by atoms with Gasteiger partial charge in [0.25, 0.3) is 5.91 Å². The Labute approximate surface area is 229 Å². The Balaban J connectivity index is 0.00000195. The fourth-order valence-electron chi connectivity index (χ4n) is 5.89. The molecule has 3 aliphatic heterocycles. The van der Waals surface area contributed by atoms with E-state index >= 15 is 0 Å². The summed E-state index contributed by atoms with van der Waals surface area (Å²) in [6.45, 7) is 16.7. The highest BCUT2D eigenvalue weighted by atomic mass is 16.5. The highest BCUT2D eigenvalue weighted by molar-refractivity contribution is 6.08. The molecule has 1 aromatic rings. The number of benzene rings is 1. The molecule has 0 aromatic heterocycles. The second kappa shape index (κ2) is 14.1. The van der Waals surface area contributed by atoms with Gasteiger partial charge in [-0.2, -0.15) is 0 Å². The minimum absolute atomic E-state index is 0.00400. The van der Waals surface area contributed by atoms with Crippen molar-refractivity contribution in [1.29, 1.82) is 0 Å². The first-order valence-corrected chi connectivity index (χ1v) is 14.7. The van der Waals surface area contributed by atoms with Gasteiger partial charge in [-0.15, -0.1) is 0 Å². The van der Waals surface area contributed by atoms with Crippen LogP contribution in [-0.4, -0.2) is 73.3 Å². The topological polar surface area (TPSA) is 70.2 Å². The van der Waals surface area contributed by atoms with Gasteiger partial charge in [0.1, 0.15) is 11.5 Å². The van der Waals surface area contributed by atoms with Crippen LogP contribution in [0.3, 0.4) is 0 Å². The van der Waals surface area contributed by atoms with E-state index in [-0.39, 0.29) is 30.6 Å². The van der Waals surface area contributed by atoms with E-state index in [9.17, 15) is 14.4 Å². The lowest BCUT2D eigenvalue weighted by molar-refractivity contribution is -0.135. The monoisotopic (exact) mass is 527 g/mol. The zero-order valence-electron chi connectivity index (χ0n) is 24.3. The van der Waals surface area contributed by atoms with Crippen LogP contribution in [0.25, 0.3) is 0 Å². The Morgan fingerprint density at radius 2 is 1.47 bits per heavy atom. The first kappa shape index (κ1) is 30.1. The number of ketones is 1. The minimum Gasteiger partial charge on any atom is -0.484 e. The molecule has 3 fully saturated rings. The fourth-order valence-corrected chi connectivity index (χ4v) is 5.89. The van der Waals surface area contributed by atoms with Gasteiger partial charge in [0, 0.05) is 38.3 Å². The van der Waals surface area contributed by atoms with Gasteiger partial charge in [0.2, 0.25) is 5.91 Å². The summed E-state index contributed by atoms with van der Waals surface area (Å²) in [4.78, 5) is 42.5. The number of nitrogens with zero attached hydrogens (tertiary/aromatic N) is 3. The Bertz CT molecular complexity index is 908. The van der Waals surface area contributed by atoms with Gasteiger partial charge < -0.3 is 19.4 Å². The quantitative estimate of drug-likeness (QED) is 0.458. The molecule has 0 unspecified atom stereocenters. The van der Waals surface area contributed by atoms with Gasteiger partial charge in [0.05, 0.1) is 6.42 Å². The van der Waals surface area contributed by atoms with Crippen LogP contribution in [0.5, 0.6) is 5.75 Å². The van der Waals surface area contributed by atoms with E-state index in [4.69, 9.17) is 4.74 Å². The average Bonchev–Trinajstić information content (AvgIpc) is 2.90. The summed E-state index contributed by atoms with van der Waals surface area (Å²) in [7, 11) is 0. The van der Waals surface area contributed by atoms with Crippen molar-refractivity contribution < 1.29 is 19.1 Å². The SMILES string of the molecule is CC.CC(C)(C)CN1CCC(CC2CCN(C(=O)COc3ccc(N4CCC(=O)CC4=O)cc3)CC2)CC1. The number of rotatable bonds is 7. The number of carbonyl (C=O) groups excluding carboxylic acids is 3. The number of carbonyl (C=O) groups is 3. The molecular formula is C31H49N3O4. The van der Waals surface area contributed by atoms with Crippen LogP contribution < -0.4 is 9.64 Å². The summed E-state index contributed by atoms with van der Waals surface area (Å²) in [5.74, 6) is 2.05. The largest absolute Gasteiger partial charge is 0.484 e. The number of hydrogen-bond donors (Lipinski definition) is 0. The summed E-state index contributed by atoms with van der Waals surface area (Å²) < 4.78 is 5.75. The Morgan fingerprint density at radius 1 is 0.895 bits per heavy atom. The minimum atomic E-state index is -0.163. The summed E-state index contributed by atoms with van der Waals surface area (Å²) in [6, 6.07) is 7.19. The van der Waals surface area contributed by atoms with E-state index in [1.807, 2.05) is 30.9 Å². The van der Waals surface area contributed by atoms with E-state index in [1.54, 1.807) is 17.0 Å². The van der Waals surface area contributed by atoms with E-state index in [0.717, 1.165) is 43.5 Å². The molecule has 0 bridgehead atoms. The van der Waals surface area contributed by atoms with E-state index in [2.05, 4.69) is 25.7 Å². The van der Waals surface area contributed by atoms with Crippen molar-refractivity contribution >= 4 is 23.3 Å². The number of piperidine rings is 3. The third-order valence-corrected chi connectivity index (χ3v) is 7.81. The summed E-state index contributed by atoms with van der Waals surface area (Å²) >= 11 is 0. The molecule has 7 nitrogen and oxygen atoms in total. The maximum Gasteiger partial charge on any atom is 0.260 e. The number of Topliss-reactive ketones (excluding diaryl/α,β-unsaturated/α-hetero) is 1. The van der Waals surface area contributed by atoms with E-state index in [1.165, 1.54) is 38.9 Å². The third kappa shape index (κ3) is 9.11. The molecule has 2 amide bonds. The van der Waals surface area contributed by atoms with Crippen LogP contribution in [0.15, 0.2) is 24.3 Å². The van der Waals surface area contributed by atoms with Crippen molar-refractivity contribution in [1.82, 2.24) is 9.80 Å². The fraction of sp³-hybridized carbons (Fsp3) is 0.710. The Kier molecular flexibility index (Phi) is 11.2. The second-order valence-corrected chi connectivity index (χ2v) is 12.1. The lowest BCUT2D eigenvalue weighted by Crippen LogP contribution is -2.42. The van der Waals surface area contributed by atoms with Crippen LogP contribution in [0.4, 0.5) is 5.69 Å². The van der Waals surface area contributed by atoms with E-state index < -0.39 is 0 Å². The third-order valence-electron chi connectivity index (χ3n) is 7.81. The maximum atomic E-state index is 12.7. The van der Waals surface area contributed by atoms with Crippen LogP contribution in [-0.2, 0) is 14.4 Å². The number of anilines is 1. The highest BCUT2D eigenvalue weighted by Crippen LogP contribution is 2.31. The molecule has 3 saturated heterocycles. The Hall–Kier alpha value is -2.41. The molecule has 3 heterocycles. The number of ether oxygens (including phenoxy) is 1. The van der Waals surface area contributed by atoms with Crippen molar-refractivity contribution in [2.45, 2.75) is 79.6 Å². The summed E-state index contributed by atoms with van der Waals surface area (Å²) in [5, 5.41) is 0. The van der Waals surface area contributed by atoms with Crippen LogP contribution >= 0.6 is 0 Å². The molecule has 212 valence electrons. The van der Waals surface area contributed by atoms with Gasteiger partial charge in [0.15, 0.2) is 6.61 Å². The predicted molar refractivity (Wildman–Crippen MR) is 152 cm³/mol. The lowest BCUT2D eigenvalue weighted by atomic mass is 9.82. The molecule has 0 saturated carbocycles. The molecule has 4 rings (SSSR count). The zero-order chi connectivity index (χ0) is 27.7. The normalized spacial score (nSPS) is 20.2. The van der Waals surface area contributed by atoms with Gasteiger partial charge in [-0.25, -0.2) is 0 Å². The van der Waals surface area contributed by atoms with Crippen LogP contribution in [0.2, 0.25) is 0 Å². The maximum absolute atomic E-state index is 12.7. The van der Waals surface area contributed by atoms with E-state index in [0.29, 0.717) is 24.1 Å². The van der Waals surface area contributed by atoms with Gasteiger partial charge in [-0.05, 0) is 86.7 Å². The first-order chi connectivity index (χ1) is 18.2. The molecule has 3 aliphatic rings. The van der Waals surface area contributed by atoms with Crippen molar-refractivity contribution in [3.63, 3.8) is 0 Å². The van der Waals surface area contributed by atoms with Crippen molar-refractivity contribution in [3.8, 4) is 5.75 Å². The molecular weight excluding hydrogens is 478 g/mol. The summed E-state index contributed by atoms with van der Waals surface area (Å²) in [6.07, 6.45) is 6.48. The summed E-state index contributed by atoms with van der Waals surface area (Å²) in [5.41, 5.74) is 1.13. The zero-order valence-corrected chi connectivity index (χ0v) is 24.3. The average molecular weight is 528 g/mol. The number of likely N-dealkylation sites (tertiary alicyclic amines) is 2. The van der Waals surface area contributed by atoms with Crippen LogP contribution in [0.1, 0.15) is 79.6 Å². The predicted octanol–water partition coefficient (Wildman–Crippen LogP) is 5.17. The van der Waals surface area contributed by atoms with Gasteiger partial charge in [-0.1, -0.05) is 34.6 Å². The Morgan fingerprint density at radius 3 is 2.03 bits per heavy atom. The number of hydrogen-bond acceptors (Lipinski definition) is 5. The first-order valence-electron chi connectivity index (χ1n) is 14.7. The molecule has 0 spiro atoms. The molecule has 0 N–H and O–H groups in total.